The maximum absolute atomic E-state index is 13.4. The molecular formula is C19H18F3NO2. The monoisotopic (exact) mass is 349 g/mol. The first kappa shape index (κ1) is 17.2. The summed E-state index contributed by atoms with van der Waals surface area (Å²) in [7, 11) is 3.07. The van der Waals surface area contributed by atoms with Crippen molar-refractivity contribution in [3.8, 4) is 11.5 Å². The second kappa shape index (κ2) is 6.70. The SMILES string of the molecule is COc1ccc(CCn2c(C(F)(F)F)cc3ccccc32)cc1OC. The highest BCUT2D eigenvalue weighted by Gasteiger charge is 2.35. The van der Waals surface area contributed by atoms with E-state index in [4.69, 9.17) is 9.47 Å². The third-order valence-corrected chi connectivity index (χ3v) is 4.17. The standard InChI is InChI=1S/C19H18F3NO2/c1-24-16-8-7-13(11-17(16)25-2)9-10-23-15-6-4-3-5-14(15)12-18(23)19(20,21)22/h3-8,11-12H,9-10H2,1-2H3. The lowest BCUT2D eigenvalue weighted by atomic mass is 10.1. The van der Waals surface area contributed by atoms with Crippen LogP contribution in [0.15, 0.2) is 48.5 Å². The van der Waals surface area contributed by atoms with Crippen molar-refractivity contribution < 1.29 is 22.6 Å². The number of rotatable bonds is 5. The number of fused-ring (bicyclic) bond motifs is 1. The first-order valence-corrected chi connectivity index (χ1v) is 7.80. The maximum Gasteiger partial charge on any atom is 0.431 e. The quantitative estimate of drug-likeness (QED) is 0.653. The minimum Gasteiger partial charge on any atom is -0.493 e. The van der Waals surface area contributed by atoms with Crippen molar-refractivity contribution in [2.75, 3.05) is 14.2 Å². The van der Waals surface area contributed by atoms with Crippen LogP contribution in [0.5, 0.6) is 11.5 Å². The van der Waals surface area contributed by atoms with Crippen LogP contribution in [0.1, 0.15) is 11.3 Å². The van der Waals surface area contributed by atoms with Crippen LogP contribution in [0.25, 0.3) is 10.9 Å². The molecule has 0 spiro atoms. The topological polar surface area (TPSA) is 23.4 Å². The number of hydrogen-bond donors (Lipinski definition) is 0. The Bertz CT molecular complexity index is 884. The van der Waals surface area contributed by atoms with Gasteiger partial charge in [0.2, 0.25) is 0 Å². The molecule has 132 valence electrons. The first-order valence-electron chi connectivity index (χ1n) is 7.80. The van der Waals surface area contributed by atoms with Crippen molar-refractivity contribution in [2.45, 2.75) is 19.1 Å². The second-order valence-corrected chi connectivity index (χ2v) is 5.68. The van der Waals surface area contributed by atoms with Crippen LogP contribution < -0.4 is 9.47 Å². The zero-order chi connectivity index (χ0) is 18.0. The fraction of sp³-hybridized carbons (Fsp3) is 0.263. The molecule has 0 saturated heterocycles. The number of hydrogen-bond acceptors (Lipinski definition) is 2. The van der Waals surface area contributed by atoms with Gasteiger partial charge in [-0.15, -0.1) is 0 Å². The fourth-order valence-corrected chi connectivity index (χ4v) is 2.96. The first-order chi connectivity index (χ1) is 11.9. The molecule has 1 heterocycles. The van der Waals surface area contributed by atoms with Crippen LogP contribution in [0, 0.1) is 0 Å². The number of ether oxygens (including phenoxy) is 2. The molecule has 0 N–H and O–H groups in total. The van der Waals surface area contributed by atoms with Gasteiger partial charge in [-0.05, 0) is 36.2 Å². The van der Waals surface area contributed by atoms with E-state index in [0.717, 1.165) is 5.56 Å². The smallest absolute Gasteiger partial charge is 0.431 e. The van der Waals surface area contributed by atoms with Gasteiger partial charge in [0.25, 0.3) is 0 Å². The number of halogens is 3. The molecule has 1 aromatic heterocycles. The van der Waals surface area contributed by atoms with Gasteiger partial charge in [0.15, 0.2) is 11.5 Å². The van der Waals surface area contributed by atoms with E-state index in [9.17, 15) is 13.2 Å². The molecule has 0 aliphatic rings. The highest BCUT2D eigenvalue weighted by atomic mass is 19.4. The van der Waals surface area contributed by atoms with E-state index in [2.05, 4.69) is 0 Å². The molecule has 0 aliphatic heterocycles. The van der Waals surface area contributed by atoms with Crippen LogP contribution in [0.2, 0.25) is 0 Å². The number of methoxy groups -OCH3 is 2. The van der Waals surface area contributed by atoms with Crippen molar-refractivity contribution in [1.82, 2.24) is 4.57 Å². The fourth-order valence-electron chi connectivity index (χ4n) is 2.96. The summed E-state index contributed by atoms with van der Waals surface area (Å²) in [6, 6.07) is 13.5. The molecule has 0 bridgehead atoms. The normalized spacial score (nSPS) is 11.7. The lowest BCUT2D eigenvalue weighted by Gasteiger charge is -2.14. The summed E-state index contributed by atoms with van der Waals surface area (Å²) in [5, 5.41) is 0.585. The van der Waals surface area contributed by atoms with Crippen LogP contribution in [-0.4, -0.2) is 18.8 Å². The molecule has 3 rings (SSSR count). The summed E-state index contributed by atoms with van der Waals surface area (Å²) in [5.74, 6) is 1.15. The predicted molar refractivity (Wildman–Crippen MR) is 90.2 cm³/mol. The zero-order valence-corrected chi connectivity index (χ0v) is 13.9. The predicted octanol–water partition coefficient (Wildman–Crippen LogP) is 4.92. The lowest BCUT2D eigenvalue weighted by Crippen LogP contribution is -2.14. The summed E-state index contributed by atoms with van der Waals surface area (Å²) in [6.45, 7) is 0.220. The Hall–Kier alpha value is -2.63. The van der Waals surface area contributed by atoms with Crippen molar-refractivity contribution in [3.05, 3.63) is 59.8 Å². The molecule has 6 heteroatoms. The third-order valence-electron chi connectivity index (χ3n) is 4.17. The Morgan fingerprint density at radius 2 is 1.64 bits per heavy atom. The van der Waals surface area contributed by atoms with Crippen LogP contribution in [0.3, 0.4) is 0 Å². The van der Waals surface area contributed by atoms with E-state index in [0.29, 0.717) is 28.8 Å². The number of nitrogens with zero attached hydrogens (tertiary/aromatic N) is 1. The Balaban J connectivity index is 1.93. The van der Waals surface area contributed by atoms with E-state index >= 15 is 0 Å². The van der Waals surface area contributed by atoms with Gasteiger partial charge in [0, 0.05) is 17.4 Å². The molecule has 3 nitrogen and oxygen atoms in total. The van der Waals surface area contributed by atoms with Gasteiger partial charge in [0.1, 0.15) is 5.69 Å². The van der Waals surface area contributed by atoms with Gasteiger partial charge in [-0.3, -0.25) is 0 Å². The van der Waals surface area contributed by atoms with Gasteiger partial charge in [-0.25, -0.2) is 0 Å². The Kier molecular flexibility index (Phi) is 4.61. The number of alkyl halides is 3. The lowest BCUT2D eigenvalue weighted by molar-refractivity contribution is -0.143. The van der Waals surface area contributed by atoms with Crippen molar-refractivity contribution in [3.63, 3.8) is 0 Å². The number of benzene rings is 2. The molecule has 0 amide bonds. The van der Waals surface area contributed by atoms with Crippen molar-refractivity contribution >= 4 is 10.9 Å². The van der Waals surface area contributed by atoms with Crippen LogP contribution in [-0.2, 0) is 19.1 Å². The molecule has 0 fully saturated rings. The summed E-state index contributed by atoms with van der Waals surface area (Å²) in [4.78, 5) is 0. The molecule has 0 unspecified atom stereocenters. The van der Waals surface area contributed by atoms with Gasteiger partial charge in [0.05, 0.1) is 14.2 Å². The van der Waals surface area contributed by atoms with Gasteiger partial charge in [-0.2, -0.15) is 13.2 Å². The zero-order valence-electron chi connectivity index (χ0n) is 13.9. The average Bonchev–Trinajstić information content (AvgIpc) is 2.98. The molecular weight excluding hydrogens is 331 g/mol. The van der Waals surface area contributed by atoms with E-state index in [-0.39, 0.29) is 6.54 Å². The number of aryl methyl sites for hydroxylation is 2. The molecule has 0 aliphatic carbocycles. The van der Waals surface area contributed by atoms with Crippen LogP contribution >= 0.6 is 0 Å². The summed E-state index contributed by atoms with van der Waals surface area (Å²) in [5.41, 5.74) is 0.827. The van der Waals surface area contributed by atoms with E-state index in [1.54, 1.807) is 43.5 Å². The summed E-state index contributed by atoms with van der Waals surface area (Å²) >= 11 is 0. The molecule has 0 radical (unpaired) electrons. The van der Waals surface area contributed by atoms with E-state index in [1.807, 2.05) is 6.07 Å². The minimum atomic E-state index is -4.39. The van der Waals surface area contributed by atoms with Crippen molar-refractivity contribution in [2.24, 2.45) is 0 Å². The highest BCUT2D eigenvalue weighted by Crippen LogP contribution is 2.34. The molecule has 0 saturated carbocycles. The van der Waals surface area contributed by atoms with Gasteiger partial charge < -0.3 is 14.0 Å². The molecule has 2 aromatic carbocycles. The summed E-state index contributed by atoms with van der Waals surface area (Å²) in [6.07, 6.45) is -3.95. The molecule has 0 atom stereocenters. The minimum absolute atomic E-state index is 0.220. The highest BCUT2D eigenvalue weighted by molar-refractivity contribution is 5.81. The molecule has 25 heavy (non-hydrogen) atoms. The average molecular weight is 349 g/mol. The van der Waals surface area contributed by atoms with E-state index in [1.165, 1.54) is 17.7 Å². The van der Waals surface area contributed by atoms with Crippen molar-refractivity contribution in [1.29, 1.82) is 0 Å². The Morgan fingerprint density at radius 1 is 0.920 bits per heavy atom. The third kappa shape index (κ3) is 3.43. The second-order valence-electron chi connectivity index (χ2n) is 5.68. The molecule has 3 aromatic rings. The van der Waals surface area contributed by atoms with Gasteiger partial charge >= 0.3 is 6.18 Å². The van der Waals surface area contributed by atoms with Crippen LogP contribution in [0.4, 0.5) is 13.2 Å². The number of aromatic nitrogens is 1. The maximum atomic E-state index is 13.4. The van der Waals surface area contributed by atoms with Gasteiger partial charge in [-0.1, -0.05) is 24.3 Å². The summed E-state index contributed by atoms with van der Waals surface area (Å²) < 4.78 is 51.9. The Morgan fingerprint density at radius 3 is 2.32 bits per heavy atom. The Labute approximate surface area is 143 Å². The largest absolute Gasteiger partial charge is 0.493 e. The van der Waals surface area contributed by atoms with E-state index < -0.39 is 11.9 Å². The number of para-hydroxylation sites is 1.